The van der Waals surface area contributed by atoms with Crippen LogP contribution in [0.25, 0.3) is 0 Å². The molecule has 2 rings (SSSR count). The molecule has 0 bridgehead atoms. The molecule has 74 valence electrons. The minimum atomic E-state index is 0.00984. The highest BCUT2D eigenvalue weighted by Gasteiger charge is 2.15. The molecule has 0 spiro atoms. The summed E-state index contributed by atoms with van der Waals surface area (Å²) >= 11 is 6.92. The molecular formula is C10H10BrNS2. The first-order valence-electron chi connectivity index (χ1n) is 4.21. The maximum atomic E-state index is 6.19. The molecule has 14 heavy (non-hydrogen) atoms. The average Bonchev–Trinajstić information content (AvgIpc) is 2.73. The Morgan fingerprint density at radius 3 is 2.71 bits per heavy atom. The first-order chi connectivity index (χ1) is 6.70. The van der Waals surface area contributed by atoms with Crippen molar-refractivity contribution < 1.29 is 0 Å². The van der Waals surface area contributed by atoms with E-state index < -0.39 is 0 Å². The van der Waals surface area contributed by atoms with Gasteiger partial charge < -0.3 is 5.73 Å². The zero-order valence-corrected chi connectivity index (χ0v) is 10.9. The van der Waals surface area contributed by atoms with Gasteiger partial charge in [-0.3, -0.25) is 0 Å². The largest absolute Gasteiger partial charge is 0.320 e. The summed E-state index contributed by atoms with van der Waals surface area (Å²) in [5.74, 6) is 0. The van der Waals surface area contributed by atoms with Crippen molar-refractivity contribution in [3.05, 3.63) is 42.7 Å². The summed E-state index contributed by atoms with van der Waals surface area (Å²) in [4.78, 5) is 1.20. The van der Waals surface area contributed by atoms with Crippen LogP contribution in [0, 0.1) is 6.92 Å². The molecule has 0 saturated heterocycles. The molecule has 0 aromatic carbocycles. The van der Waals surface area contributed by atoms with Crippen molar-refractivity contribution in [1.29, 1.82) is 0 Å². The van der Waals surface area contributed by atoms with Crippen molar-refractivity contribution >= 4 is 38.6 Å². The second kappa shape index (κ2) is 4.14. The topological polar surface area (TPSA) is 26.0 Å². The monoisotopic (exact) mass is 287 g/mol. The number of halogens is 1. The van der Waals surface area contributed by atoms with Gasteiger partial charge in [0.2, 0.25) is 0 Å². The van der Waals surface area contributed by atoms with Crippen LogP contribution in [0.15, 0.2) is 26.7 Å². The molecule has 1 atom stereocenters. The fourth-order valence-electron chi connectivity index (χ4n) is 1.36. The van der Waals surface area contributed by atoms with Crippen molar-refractivity contribution in [2.75, 3.05) is 0 Å². The van der Waals surface area contributed by atoms with Crippen LogP contribution in [0.4, 0.5) is 0 Å². The average molecular weight is 288 g/mol. The summed E-state index contributed by atoms with van der Waals surface area (Å²) in [6, 6.07) is 2.05. The van der Waals surface area contributed by atoms with Crippen molar-refractivity contribution in [2.45, 2.75) is 13.0 Å². The van der Waals surface area contributed by atoms with E-state index in [2.05, 4.69) is 39.0 Å². The van der Waals surface area contributed by atoms with E-state index in [1.54, 1.807) is 22.7 Å². The number of hydrogen-bond donors (Lipinski definition) is 1. The van der Waals surface area contributed by atoms with Crippen molar-refractivity contribution in [3.8, 4) is 0 Å². The lowest BCUT2D eigenvalue weighted by Crippen LogP contribution is -2.10. The van der Waals surface area contributed by atoms with Crippen LogP contribution in [0.5, 0.6) is 0 Å². The van der Waals surface area contributed by atoms with Crippen molar-refractivity contribution in [2.24, 2.45) is 5.73 Å². The number of aryl methyl sites for hydroxylation is 1. The molecule has 0 aliphatic carbocycles. The predicted octanol–water partition coefficient (Wildman–Crippen LogP) is 3.93. The molecular weight excluding hydrogens is 278 g/mol. The lowest BCUT2D eigenvalue weighted by molar-refractivity contribution is 0.885. The van der Waals surface area contributed by atoms with E-state index in [4.69, 9.17) is 5.73 Å². The van der Waals surface area contributed by atoms with E-state index in [9.17, 15) is 0 Å². The molecule has 2 N–H and O–H groups in total. The molecule has 0 radical (unpaired) electrons. The molecule has 2 aromatic heterocycles. The second-order valence-electron chi connectivity index (χ2n) is 3.12. The molecule has 0 fully saturated rings. The molecule has 1 nitrogen and oxygen atoms in total. The van der Waals surface area contributed by atoms with Crippen LogP contribution in [-0.2, 0) is 0 Å². The Morgan fingerprint density at radius 1 is 1.43 bits per heavy atom. The van der Waals surface area contributed by atoms with E-state index in [-0.39, 0.29) is 6.04 Å². The molecule has 0 saturated carbocycles. The maximum absolute atomic E-state index is 6.19. The van der Waals surface area contributed by atoms with Gasteiger partial charge in [-0.15, -0.1) is 11.3 Å². The zero-order chi connectivity index (χ0) is 10.1. The van der Waals surface area contributed by atoms with E-state index in [0.29, 0.717) is 0 Å². The van der Waals surface area contributed by atoms with E-state index >= 15 is 0 Å². The highest BCUT2D eigenvalue weighted by Crippen LogP contribution is 2.33. The van der Waals surface area contributed by atoms with E-state index in [1.807, 2.05) is 6.07 Å². The Kier molecular flexibility index (Phi) is 3.07. The van der Waals surface area contributed by atoms with Crippen LogP contribution < -0.4 is 5.73 Å². The third-order valence-electron chi connectivity index (χ3n) is 2.16. The summed E-state index contributed by atoms with van der Waals surface area (Å²) < 4.78 is 1.11. The first kappa shape index (κ1) is 10.4. The normalized spacial score (nSPS) is 13.1. The van der Waals surface area contributed by atoms with Crippen LogP contribution in [0.1, 0.15) is 22.0 Å². The summed E-state index contributed by atoms with van der Waals surface area (Å²) in [6.07, 6.45) is 0. The molecule has 2 heterocycles. The molecule has 2 aromatic rings. The third kappa shape index (κ3) is 1.80. The molecule has 0 aliphatic heterocycles. The number of nitrogens with two attached hydrogens (primary N) is 1. The Hall–Kier alpha value is -0.160. The number of hydrogen-bond acceptors (Lipinski definition) is 3. The first-order valence-corrected chi connectivity index (χ1v) is 6.83. The van der Waals surface area contributed by atoms with Gasteiger partial charge in [0.1, 0.15) is 0 Å². The lowest BCUT2D eigenvalue weighted by atomic mass is 10.1. The summed E-state index contributed by atoms with van der Waals surface area (Å²) in [6.45, 7) is 2.10. The smallest absolute Gasteiger partial charge is 0.0668 e. The summed E-state index contributed by atoms with van der Waals surface area (Å²) in [5, 5.41) is 6.32. The van der Waals surface area contributed by atoms with Crippen LogP contribution >= 0.6 is 38.6 Å². The summed E-state index contributed by atoms with van der Waals surface area (Å²) in [5.41, 5.74) is 8.71. The van der Waals surface area contributed by atoms with Crippen LogP contribution in [0.2, 0.25) is 0 Å². The Balaban J connectivity index is 2.38. The number of thiophene rings is 2. The summed E-state index contributed by atoms with van der Waals surface area (Å²) in [7, 11) is 0. The quantitative estimate of drug-likeness (QED) is 0.890. The van der Waals surface area contributed by atoms with Gasteiger partial charge in [-0.2, -0.15) is 11.3 Å². The van der Waals surface area contributed by atoms with Gasteiger partial charge in [-0.1, -0.05) is 0 Å². The second-order valence-corrected chi connectivity index (χ2v) is 5.67. The number of rotatable bonds is 2. The van der Waals surface area contributed by atoms with E-state index in [0.717, 1.165) is 4.47 Å². The van der Waals surface area contributed by atoms with Gasteiger partial charge >= 0.3 is 0 Å². The minimum absolute atomic E-state index is 0.00984. The fourth-order valence-corrected chi connectivity index (χ4v) is 3.88. The Labute approximate surface area is 99.7 Å². The molecule has 1 unspecified atom stereocenters. The Bertz CT molecular complexity index is 393. The minimum Gasteiger partial charge on any atom is -0.320 e. The SMILES string of the molecule is Cc1cscc1C(N)c1sccc1Br. The maximum Gasteiger partial charge on any atom is 0.0668 e. The molecule has 0 amide bonds. The van der Waals surface area contributed by atoms with Gasteiger partial charge in [0.25, 0.3) is 0 Å². The van der Waals surface area contributed by atoms with Gasteiger partial charge in [0.15, 0.2) is 0 Å². The third-order valence-corrected chi connectivity index (χ3v) is 4.99. The van der Waals surface area contributed by atoms with Crippen LogP contribution in [0.3, 0.4) is 0 Å². The van der Waals surface area contributed by atoms with Crippen molar-refractivity contribution in [1.82, 2.24) is 0 Å². The molecule has 4 heteroatoms. The van der Waals surface area contributed by atoms with Gasteiger partial charge in [0.05, 0.1) is 6.04 Å². The van der Waals surface area contributed by atoms with Gasteiger partial charge in [-0.25, -0.2) is 0 Å². The van der Waals surface area contributed by atoms with E-state index in [1.165, 1.54) is 16.0 Å². The standard InChI is InChI=1S/C10H10BrNS2/c1-6-4-13-5-7(6)9(12)10-8(11)2-3-14-10/h2-5,9H,12H2,1H3. The highest BCUT2D eigenvalue weighted by molar-refractivity contribution is 9.10. The highest BCUT2D eigenvalue weighted by atomic mass is 79.9. The van der Waals surface area contributed by atoms with Crippen molar-refractivity contribution in [3.63, 3.8) is 0 Å². The zero-order valence-electron chi connectivity index (χ0n) is 7.66. The van der Waals surface area contributed by atoms with Gasteiger partial charge in [-0.05, 0) is 56.2 Å². The fraction of sp³-hybridized carbons (Fsp3) is 0.200. The Morgan fingerprint density at radius 2 is 2.21 bits per heavy atom. The predicted molar refractivity (Wildman–Crippen MR) is 67.1 cm³/mol. The molecule has 0 aliphatic rings. The lowest BCUT2D eigenvalue weighted by Gasteiger charge is -2.10. The van der Waals surface area contributed by atoms with Gasteiger partial charge in [0, 0.05) is 9.35 Å². The van der Waals surface area contributed by atoms with Crippen LogP contribution in [-0.4, -0.2) is 0 Å².